The van der Waals surface area contributed by atoms with Crippen molar-refractivity contribution in [2.24, 2.45) is 0 Å². The van der Waals surface area contributed by atoms with Crippen LogP contribution in [0.5, 0.6) is 0 Å². The number of benzene rings is 2. The molecule has 0 N–H and O–H groups in total. The van der Waals surface area contributed by atoms with Crippen LogP contribution in [0.2, 0.25) is 0 Å². The molecule has 2 aromatic carbocycles. The Hall–Kier alpha value is -2.07. The zero-order chi connectivity index (χ0) is 10.1. The minimum Gasteiger partial charge on any atom is -0.192 e. The van der Waals surface area contributed by atoms with Crippen LogP contribution < -0.4 is 0 Å². The van der Waals surface area contributed by atoms with Crippen molar-refractivity contribution in [1.82, 2.24) is 0 Å². The lowest BCUT2D eigenvalue weighted by molar-refractivity contribution is 1.49. The van der Waals surface area contributed by atoms with Gasteiger partial charge >= 0.3 is 0 Å². The summed E-state index contributed by atoms with van der Waals surface area (Å²) < 4.78 is 0. The summed E-state index contributed by atoms with van der Waals surface area (Å²) in [6.07, 6.45) is 0. The van der Waals surface area contributed by atoms with Crippen molar-refractivity contribution in [2.45, 2.75) is 0 Å². The molecule has 67 valence electrons. The van der Waals surface area contributed by atoms with Crippen molar-refractivity contribution in [3.63, 3.8) is 0 Å². The van der Waals surface area contributed by atoms with E-state index in [4.69, 9.17) is 5.26 Å². The molecule has 1 radical (unpaired) electrons. The fourth-order valence-electron chi connectivity index (χ4n) is 0.855. The lowest BCUT2D eigenvalue weighted by Crippen LogP contribution is -1.66. The lowest BCUT2D eigenvalue weighted by Gasteiger charge is -1.80. The summed E-state index contributed by atoms with van der Waals surface area (Å²) in [5, 5.41) is 8.29. The maximum Gasteiger partial charge on any atom is 0.0991 e. The highest BCUT2D eigenvalue weighted by Gasteiger charge is 1.79. The summed E-state index contributed by atoms with van der Waals surface area (Å²) in [4.78, 5) is 0. The van der Waals surface area contributed by atoms with Gasteiger partial charge < -0.3 is 0 Å². The molecule has 0 bridgehead atoms. The minimum atomic E-state index is 0.715. The van der Waals surface area contributed by atoms with E-state index < -0.39 is 0 Å². The van der Waals surface area contributed by atoms with Crippen LogP contribution in [-0.2, 0) is 0 Å². The van der Waals surface area contributed by atoms with Gasteiger partial charge in [-0.3, -0.25) is 0 Å². The predicted octanol–water partition coefficient (Wildman–Crippen LogP) is 3.05. The largest absolute Gasteiger partial charge is 0.192 e. The molecule has 0 unspecified atom stereocenters. The summed E-state index contributed by atoms with van der Waals surface area (Å²) in [5.74, 6) is 0. The molecule has 0 amide bonds. The molecule has 2 aromatic rings. The predicted molar refractivity (Wildman–Crippen MR) is 56.4 cm³/mol. The third-order valence-corrected chi connectivity index (χ3v) is 1.51. The molecule has 0 aliphatic heterocycles. The Morgan fingerprint density at radius 1 is 0.857 bits per heavy atom. The summed E-state index contributed by atoms with van der Waals surface area (Å²) in [6, 6.07) is 23.7. The van der Waals surface area contributed by atoms with Gasteiger partial charge in [0.05, 0.1) is 11.6 Å². The molecule has 0 aliphatic rings. The van der Waals surface area contributed by atoms with Crippen molar-refractivity contribution in [3.05, 3.63) is 72.3 Å². The molecule has 0 saturated carbocycles. The third kappa shape index (κ3) is 4.08. The number of nitriles is 1. The molecule has 0 saturated heterocycles. The fourth-order valence-corrected chi connectivity index (χ4v) is 0.855. The molecule has 0 spiro atoms. The van der Waals surface area contributed by atoms with Crippen molar-refractivity contribution in [1.29, 1.82) is 5.26 Å². The van der Waals surface area contributed by atoms with Gasteiger partial charge in [-0.15, -0.1) is 0 Å². The van der Waals surface area contributed by atoms with Gasteiger partial charge in [-0.2, -0.15) is 5.26 Å². The van der Waals surface area contributed by atoms with Crippen LogP contribution in [0.3, 0.4) is 0 Å². The van der Waals surface area contributed by atoms with Gasteiger partial charge in [0, 0.05) is 0 Å². The Balaban J connectivity index is 0.000000146. The molecule has 14 heavy (non-hydrogen) atoms. The van der Waals surface area contributed by atoms with Crippen LogP contribution in [0, 0.1) is 17.4 Å². The van der Waals surface area contributed by atoms with E-state index in [-0.39, 0.29) is 0 Å². The van der Waals surface area contributed by atoms with E-state index in [2.05, 4.69) is 6.07 Å². The van der Waals surface area contributed by atoms with Crippen molar-refractivity contribution >= 4 is 0 Å². The van der Waals surface area contributed by atoms with Gasteiger partial charge in [-0.1, -0.05) is 48.5 Å². The highest BCUT2D eigenvalue weighted by atomic mass is 14.2. The highest BCUT2D eigenvalue weighted by Crippen LogP contribution is 1.93. The molecule has 1 heteroatoms. The second-order valence-corrected chi connectivity index (χ2v) is 2.56. The fraction of sp³-hybridized carbons (Fsp3) is 0. The van der Waals surface area contributed by atoms with Crippen LogP contribution >= 0.6 is 0 Å². The molecule has 0 aliphatic carbocycles. The first-order valence-electron chi connectivity index (χ1n) is 4.29. The minimum absolute atomic E-state index is 0.715. The quantitative estimate of drug-likeness (QED) is 0.611. The third-order valence-electron chi connectivity index (χ3n) is 1.51. The lowest BCUT2D eigenvalue weighted by atomic mass is 10.2. The van der Waals surface area contributed by atoms with E-state index in [9.17, 15) is 0 Å². The van der Waals surface area contributed by atoms with Crippen LogP contribution in [0.25, 0.3) is 0 Å². The summed E-state index contributed by atoms with van der Waals surface area (Å²) in [7, 11) is 0. The maximum absolute atomic E-state index is 8.29. The zero-order valence-electron chi connectivity index (χ0n) is 7.72. The van der Waals surface area contributed by atoms with Gasteiger partial charge in [0.15, 0.2) is 0 Å². The summed E-state index contributed by atoms with van der Waals surface area (Å²) >= 11 is 0. The Morgan fingerprint density at radius 3 is 1.71 bits per heavy atom. The molecular weight excluding hydrogens is 170 g/mol. The average molecular weight is 180 g/mol. The first-order valence-corrected chi connectivity index (χ1v) is 4.29. The van der Waals surface area contributed by atoms with Crippen molar-refractivity contribution in [3.8, 4) is 6.07 Å². The molecule has 0 heterocycles. The van der Waals surface area contributed by atoms with E-state index in [1.807, 2.05) is 54.6 Å². The first-order chi connectivity index (χ1) is 6.93. The van der Waals surface area contributed by atoms with Gasteiger partial charge in [0.2, 0.25) is 0 Å². The molecule has 0 fully saturated rings. The van der Waals surface area contributed by atoms with Gasteiger partial charge in [-0.25, -0.2) is 0 Å². The van der Waals surface area contributed by atoms with Crippen molar-refractivity contribution < 1.29 is 0 Å². The van der Waals surface area contributed by atoms with Crippen LogP contribution in [0.4, 0.5) is 0 Å². The monoisotopic (exact) mass is 180 g/mol. The Morgan fingerprint density at radius 2 is 1.43 bits per heavy atom. The first kappa shape index (κ1) is 10.0. The van der Waals surface area contributed by atoms with Crippen LogP contribution in [0.1, 0.15) is 5.56 Å². The number of hydrogen-bond acceptors (Lipinski definition) is 1. The van der Waals surface area contributed by atoms with Gasteiger partial charge in [-0.05, 0) is 18.2 Å². The van der Waals surface area contributed by atoms with E-state index in [0.29, 0.717) is 5.56 Å². The standard InChI is InChI=1S/C7H5N.C6H5/c8-6-7-4-2-1-3-5-7;1-2-4-6-5-3-1/h1-5H;1-5H. The topological polar surface area (TPSA) is 23.8 Å². The Kier molecular flexibility index (Phi) is 4.61. The number of nitrogens with zero attached hydrogens (tertiary/aromatic N) is 1. The van der Waals surface area contributed by atoms with Crippen LogP contribution in [-0.4, -0.2) is 0 Å². The second kappa shape index (κ2) is 6.45. The van der Waals surface area contributed by atoms with Gasteiger partial charge in [0.25, 0.3) is 0 Å². The summed E-state index contributed by atoms with van der Waals surface area (Å²) in [6.45, 7) is 0. The van der Waals surface area contributed by atoms with E-state index in [1.165, 1.54) is 0 Å². The molecule has 0 atom stereocenters. The zero-order valence-corrected chi connectivity index (χ0v) is 7.72. The SMILES string of the molecule is N#Cc1ccccc1.[c]1ccccc1. The van der Waals surface area contributed by atoms with E-state index >= 15 is 0 Å². The number of rotatable bonds is 0. The number of hydrogen-bond donors (Lipinski definition) is 0. The van der Waals surface area contributed by atoms with E-state index in [1.54, 1.807) is 12.1 Å². The second-order valence-electron chi connectivity index (χ2n) is 2.56. The maximum atomic E-state index is 8.29. The molecular formula is C13H10N. The molecule has 0 aromatic heterocycles. The van der Waals surface area contributed by atoms with Crippen LogP contribution in [0.15, 0.2) is 60.7 Å². The van der Waals surface area contributed by atoms with Gasteiger partial charge in [0.1, 0.15) is 0 Å². The van der Waals surface area contributed by atoms with E-state index in [0.717, 1.165) is 0 Å². The Bertz CT molecular complexity index is 346. The highest BCUT2D eigenvalue weighted by molar-refractivity contribution is 5.27. The Labute approximate surface area is 84.3 Å². The summed E-state index contributed by atoms with van der Waals surface area (Å²) in [5.41, 5.74) is 0.715. The average Bonchev–Trinajstić information content (AvgIpc) is 2.33. The smallest absolute Gasteiger partial charge is 0.0991 e. The normalized spacial score (nSPS) is 7.93. The molecule has 2 rings (SSSR count). The molecule has 1 nitrogen and oxygen atoms in total. The van der Waals surface area contributed by atoms with Crippen molar-refractivity contribution in [2.75, 3.05) is 0 Å².